The molecule has 1 aromatic carbocycles. The van der Waals surface area contributed by atoms with Crippen LogP contribution in [-0.4, -0.2) is 10.5 Å². The maximum Gasteiger partial charge on any atom is 0.131 e. The van der Waals surface area contributed by atoms with E-state index in [1.54, 1.807) is 6.07 Å². The van der Waals surface area contributed by atoms with Crippen molar-refractivity contribution in [2.24, 2.45) is 0 Å². The first-order valence-corrected chi connectivity index (χ1v) is 5.13. The van der Waals surface area contributed by atoms with Crippen LogP contribution in [0.3, 0.4) is 0 Å². The molecule has 2 nitrogen and oxygen atoms in total. The van der Waals surface area contributed by atoms with Crippen LogP contribution < -0.4 is 0 Å². The molecule has 2 N–H and O–H groups in total. The van der Waals surface area contributed by atoms with Gasteiger partial charge in [0.05, 0.1) is 10.5 Å². The third-order valence-electron chi connectivity index (χ3n) is 1.69. The minimum absolute atomic E-state index is 0. The van der Waals surface area contributed by atoms with E-state index in [0.29, 0.717) is 10.2 Å². The molecule has 2 rings (SSSR count). The van der Waals surface area contributed by atoms with Crippen LogP contribution >= 0.6 is 39.1 Å². The Balaban J connectivity index is 0.000000980. The average molecular weight is 295 g/mol. The molecule has 74 valence electrons. The predicted octanol–water partition coefficient (Wildman–Crippen LogP) is 3.48. The number of fused-ring (bicyclic) bond motifs is 1. The molecule has 0 aliphatic carbocycles. The zero-order chi connectivity index (χ0) is 9.42. The van der Waals surface area contributed by atoms with Gasteiger partial charge in [0.15, 0.2) is 0 Å². The van der Waals surface area contributed by atoms with Crippen molar-refractivity contribution in [3.8, 4) is 0 Å². The lowest BCUT2D eigenvalue weighted by Gasteiger charge is -2.00. The van der Waals surface area contributed by atoms with Crippen LogP contribution in [0.25, 0.3) is 10.9 Å². The van der Waals surface area contributed by atoms with Crippen LogP contribution in [0.15, 0.2) is 28.7 Å². The van der Waals surface area contributed by atoms with Crippen LogP contribution in [0, 0.1) is 0 Å². The number of pyridine rings is 1. The van der Waals surface area contributed by atoms with Gasteiger partial charge in [0, 0.05) is 9.86 Å². The van der Waals surface area contributed by atoms with Crippen molar-refractivity contribution in [2.75, 3.05) is 0 Å². The van der Waals surface area contributed by atoms with E-state index in [1.165, 1.54) is 0 Å². The van der Waals surface area contributed by atoms with Crippen LogP contribution in [0.1, 0.15) is 0 Å². The molecular formula is C9H6BrCl2NO. The average Bonchev–Trinajstić information content (AvgIpc) is 2.06. The van der Waals surface area contributed by atoms with Gasteiger partial charge in [0.1, 0.15) is 5.15 Å². The van der Waals surface area contributed by atoms with Gasteiger partial charge in [-0.3, -0.25) is 0 Å². The summed E-state index contributed by atoms with van der Waals surface area (Å²) in [6.45, 7) is 0. The third kappa shape index (κ3) is 2.17. The lowest BCUT2D eigenvalue weighted by Crippen LogP contribution is -1.81. The van der Waals surface area contributed by atoms with Gasteiger partial charge in [0.2, 0.25) is 0 Å². The molecule has 0 amide bonds. The minimum atomic E-state index is 0. The molecule has 0 bridgehead atoms. The molecule has 14 heavy (non-hydrogen) atoms. The predicted molar refractivity (Wildman–Crippen MR) is 63.1 cm³/mol. The first-order valence-electron chi connectivity index (χ1n) is 3.58. The van der Waals surface area contributed by atoms with E-state index < -0.39 is 0 Å². The Morgan fingerprint density at radius 3 is 2.57 bits per heavy atom. The highest BCUT2D eigenvalue weighted by Crippen LogP contribution is 2.27. The van der Waals surface area contributed by atoms with Crippen molar-refractivity contribution < 1.29 is 5.48 Å². The summed E-state index contributed by atoms with van der Waals surface area (Å²) in [7, 11) is 0. The molecule has 0 spiro atoms. The number of aromatic nitrogens is 1. The molecule has 0 aliphatic rings. The summed E-state index contributed by atoms with van der Waals surface area (Å²) in [6.07, 6.45) is 0. The molecule has 1 heterocycles. The molecule has 1 aromatic heterocycles. The van der Waals surface area contributed by atoms with Crippen molar-refractivity contribution in [1.29, 1.82) is 0 Å². The molecule has 5 heteroatoms. The van der Waals surface area contributed by atoms with Crippen molar-refractivity contribution in [3.05, 3.63) is 38.9 Å². The lowest BCUT2D eigenvalue weighted by atomic mass is 10.2. The number of benzene rings is 1. The van der Waals surface area contributed by atoms with Gasteiger partial charge in [-0.2, -0.15) is 0 Å². The van der Waals surface area contributed by atoms with Crippen LogP contribution in [0.2, 0.25) is 10.2 Å². The molecule has 0 atom stereocenters. The summed E-state index contributed by atoms with van der Waals surface area (Å²) in [5, 5.41) is 1.94. The smallest absolute Gasteiger partial charge is 0.131 e. The fourth-order valence-corrected chi connectivity index (χ4v) is 2.00. The topological polar surface area (TPSA) is 44.4 Å². The first-order chi connectivity index (χ1) is 6.16. The van der Waals surface area contributed by atoms with Gasteiger partial charge in [-0.05, 0) is 24.3 Å². The molecule has 0 aliphatic heterocycles. The summed E-state index contributed by atoms with van der Waals surface area (Å²) in [4.78, 5) is 4.14. The maximum atomic E-state index is 5.99. The third-order valence-corrected chi connectivity index (χ3v) is 2.69. The second-order valence-electron chi connectivity index (χ2n) is 2.59. The molecule has 0 saturated heterocycles. The molecule has 2 aromatic rings. The van der Waals surface area contributed by atoms with E-state index in [-0.39, 0.29) is 5.48 Å². The van der Waals surface area contributed by atoms with Crippen LogP contribution in [0.4, 0.5) is 0 Å². The van der Waals surface area contributed by atoms with Crippen molar-refractivity contribution in [3.63, 3.8) is 0 Å². The second kappa shape index (κ2) is 4.45. The zero-order valence-electron chi connectivity index (χ0n) is 6.89. The Morgan fingerprint density at radius 1 is 1.14 bits per heavy atom. The number of rotatable bonds is 0. The summed E-state index contributed by atoms with van der Waals surface area (Å²) < 4.78 is 0.978. The fourth-order valence-electron chi connectivity index (χ4n) is 1.13. The second-order valence-corrected chi connectivity index (χ2v) is 4.30. The molecule has 0 saturated carbocycles. The number of hydrogen-bond acceptors (Lipinski definition) is 1. The summed E-state index contributed by atoms with van der Waals surface area (Å²) >= 11 is 15.1. The highest BCUT2D eigenvalue weighted by Gasteiger charge is 2.02. The van der Waals surface area contributed by atoms with Crippen molar-refractivity contribution in [1.82, 2.24) is 4.98 Å². The molecule has 0 radical (unpaired) electrons. The Morgan fingerprint density at radius 2 is 1.86 bits per heavy atom. The van der Waals surface area contributed by atoms with Gasteiger partial charge in [-0.1, -0.05) is 39.1 Å². The largest absolute Gasteiger partial charge is 0.412 e. The van der Waals surface area contributed by atoms with Gasteiger partial charge in [-0.25, -0.2) is 4.98 Å². The van der Waals surface area contributed by atoms with E-state index in [9.17, 15) is 0 Å². The monoisotopic (exact) mass is 293 g/mol. The SMILES string of the molecule is Clc1cc(Cl)c2cc(Br)ccc2n1.O. The lowest BCUT2D eigenvalue weighted by molar-refractivity contribution is 0.824. The van der Waals surface area contributed by atoms with E-state index in [0.717, 1.165) is 15.4 Å². The van der Waals surface area contributed by atoms with E-state index in [2.05, 4.69) is 20.9 Å². The summed E-state index contributed by atoms with van der Waals surface area (Å²) in [5.74, 6) is 0. The number of nitrogens with zero attached hydrogens (tertiary/aromatic N) is 1. The minimum Gasteiger partial charge on any atom is -0.412 e. The van der Waals surface area contributed by atoms with Gasteiger partial charge < -0.3 is 5.48 Å². The quantitative estimate of drug-likeness (QED) is 0.686. The molecule has 0 unspecified atom stereocenters. The Kier molecular flexibility index (Phi) is 3.72. The highest BCUT2D eigenvalue weighted by molar-refractivity contribution is 9.10. The number of hydrogen-bond donors (Lipinski definition) is 0. The van der Waals surface area contributed by atoms with Crippen LogP contribution in [0.5, 0.6) is 0 Å². The zero-order valence-corrected chi connectivity index (χ0v) is 9.99. The van der Waals surface area contributed by atoms with E-state index in [4.69, 9.17) is 23.2 Å². The van der Waals surface area contributed by atoms with Gasteiger partial charge >= 0.3 is 0 Å². The van der Waals surface area contributed by atoms with Crippen molar-refractivity contribution in [2.45, 2.75) is 0 Å². The van der Waals surface area contributed by atoms with Gasteiger partial charge in [-0.15, -0.1) is 0 Å². The Hall–Kier alpha value is -0.350. The normalized spacial score (nSPS) is 9.93. The summed E-state index contributed by atoms with van der Waals surface area (Å²) in [6, 6.07) is 7.33. The molecular weight excluding hydrogens is 289 g/mol. The first kappa shape index (κ1) is 11.7. The van der Waals surface area contributed by atoms with E-state index >= 15 is 0 Å². The number of halogens is 3. The Bertz CT molecular complexity index is 476. The maximum absolute atomic E-state index is 5.99. The highest BCUT2D eigenvalue weighted by atomic mass is 79.9. The van der Waals surface area contributed by atoms with E-state index in [1.807, 2.05) is 18.2 Å². The summed E-state index contributed by atoms with van der Waals surface area (Å²) in [5.41, 5.74) is 0.806. The fraction of sp³-hybridized carbons (Fsp3) is 0. The Labute approximate surface area is 99.3 Å². The van der Waals surface area contributed by atoms with Crippen LogP contribution in [-0.2, 0) is 0 Å². The van der Waals surface area contributed by atoms with Gasteiger partial charge in [0.25, 0.3) is 0 Å². The standard InChI is InChI=1S/C9H4BrCl2N.H2O/c10-5-1-2-8-6(3-5)7(11)4-9(12)13-8;/h1-4H;1H2. The molecule has 0 fully saturated rings. The van der Waals surface area contributed by atoms with Crippen molar-refractivity contribution >= 4 is 50.0 Å².